The zero-order valence-corrected chi connectivity index (χ0v) is 13.0. The molecule has 2 aromatic rings. The second kappa shape index (κ2) is 7.50. The summed E-state index contributed by atoms with van der Waals surface area (Å²) in [5, 5.41) is 2.74. The molecule has 0 radical (unpaired) electrons. The molecule has 1 amide bonds. The Kier molecular flexibility index (Phi) is 5.67. The van der Waals surface area contributed by atoms with Gasteiger partial charge in [-0.3, -0.25) is 4.79 Å². The van der Waals surface area contributed by atoms with Crippen LogP contribution in [0.3, 0.4) is 0 Å². The first-order valence-corrected chi connectivity index (χ1v) is 7.90. The van der Waals surface area contributed by atoms with Crippen molar-refractivity contribution in [2.45, 2.75) is 12.3 Å². The first-order valence-electron chi connectivity index (χ1n) is 5.96. The number of hydrogen-bond donors (Lipinski definition) is 1. The third-order valence-electron chi connectivity index (χ3n) is 2.55. The monoisotopic (exact) mass is 357 g/mol. The van der Waals surface area contributed by atoms with E-state index in [1.54, 1.807) is 30.5 Å². The predicted octanol–water partition coefficient (Wildman–Crippen LogP) is 3.73. The number of carbonyl (C=O) groups is 1. The molecule has 0 spiro atoms. The van der Waals surface area contributed by atoms with E-state index in [1.165, 1.54) is 17.8 Å². The third-order valence-corrected chi connectivity index (χ3v) is 4.02. The van der Waals surface area contributed by atoms with E-state index in [9.17, 15) is 9.18 Å². The minimum Gasteiger partial charge on any atom is -0.467 e. The van der Waals surface area contributed by atoms with Crippen molar-refractivity contribution >= 4 is 33.6 Å². The first kappa shape index (κ1) is 15.1. The maximum absolute atomic E-state index is 13.6. The molecule has 0 saturated heterocycles. The minimum absolute atomic E-state index is 0.0936. The molecule has 0 saturated carbocycles. The Morgan fingerprint density at radius 2 is 2.25 bits per heavy atom. The number of halogens is 2. The topological polar surface area (TPSA) is 42.2 Å². The molecule has 20 heavy (non-hydrogen) atoms. The van der Waals surface area contributed by atoms with Crippen LogP contribution in [-0.4, -0.2) is 11.7 Å². The zero-order valence-electron chi connectivity index (χ0n) is 10.6. The molecule has 106 valence electrons. The second-order valence-corrected chi connectivity index (χ2v) is 5.99. The van der Waals surface area contributed by atoms with E-state index in [2.05, 4.69) is 21.2 Å². The number of furan rings is 1. The molecule has 0 aliphatic carbocycles. The minimum atomic E-state index is -0.261. The number of benzene rings is 1. The molecule has 0 atom stereocenters. The first-order chi connectivity index (χ1) is 9.65. The van der Waals surface area contributed by atoms with Crippen LogP contribution in [0.4, 0.5) is 4.39 Å². The Bertz CT molecular complexity index is 575. The van der Waals surface area contributed by atoms with Gasteiger partial charge >= 0.3 is 0 Å². The summed E-state index contributed by atoms with van der Waals surface area (Å²) in [4.78, 5) is 11.6. The standard InChI is InChI=1S/C14H13BrFNO2S/c15-11-4-3-10(13(16)6-11)8-20-9-14(18)17-7-12-2-1-5-19-12/h1-6H,7-9H2,(H,17,18). The Balaban J connectivity index is 1.71. The van der Waals surface area contributed by atoms with Gasteiger partial charge in [0.1, 0.15) is 11.6 Å². The van der Waals surface area contributed by atoms with Crippen LogP contribution in [0.1, 0.15) is 11.3 Å². The van der Waals surface area contributed by atoms with Crippen LogP contribution in [-0.2, 0) is 17.1 Å². The average Bonchev–Trinajstić information content (AvgIpc) is 2.92. The third kappa shape index (κ3) is 4.68. The number of amides is 1. The van der Waals surface area contributed by atoms with E-state index >= 15 is 0 Å². The van der Waals surface area contributed by atoms with E-state index in [1.807, 2.05) is 0 Å². The van der Waals surface area contributed by atoms with Gasteiger partial charge in [-0.1, -0.05) is 22.0 Å². The van der Waals surface area contributed by atoms with Gasteiger partial charge in [0.2, 0.25) is 5.91 Å². The second-order valence-electron chi connectivity index (χ2n) is 4.08. The van der Waals surface area contributed by atoms with Gasteiger partial charge in [0.25, 0.3) is 0 Å². The summed E-state index contributed by atoms with van der Waals surface area (Å²) >= 11 is 4.58. The van der Waals surface area contributed by atoms with Crippen molar-refractivity contribution in [3.8, 4) is 0 Å². The highest BCUT2D eigenvalue weighted by atomic mass is 79.9. The SMILES string of the molecule is O=C(CSCc1ccc(Br)cc1F)NCc1ccco1. The van der Waals surface area contributed by atoms with Gasteiger partial charge in [-0.2, -0.15) is 0 Å². The average molecular weight is 358 g/mol. The number of hydrogen-bond acceptors (Lipinski definition) is 3. The van der Waals surface area contributed by atoms with E-state index < -0.39 is 0 Å². The van der Waals surface area contributed by atoms with E-state index in [0.717, 1.165) is 0 Å². The molecule has 0 fully saturated rings. The molecule has 3 nitrogen and oxygen atoms in total. The fourth-order valence-corrected chi connectivity index (χ4v) is 2.72. The molecule has 1 N–H and O–H groups in total. The van der Waals surface area contributed by atoms with Gasteiger partial charge in [-0.15, -0.1) is 11.8 Å². The van der Waals surface area contributed by atoms with Crippen molar-refractivity contribution < 1.29 is 13.6 Å². The van der Waals surface area contributed by atoms with Crippen molar-refractivity contribution in [1.82, 2.24) is 5.32 Å². The summed E-state index contributed by atoms with van der Waals surface area (Å²) in [6, 6.07) is 8.49. The van der Waals surface area contributed by atoms with E-state index in [4.69, 9.17) is 4.42 Å². The molecule has 0 aliphatic rings. The molecular weight excluding hydrogens is 345 g/mol. The molecule has 1 aromatic heterocycles. The molecule has 1 aromatic carbocycles. The number of nitrogens with one attached hydrogen (secondary N) is 1. The molecule has 2 rings (SSSR count). The summed E-state index contributed by atoms with van der Waals surface area (Å²) in [6.07, 6.45) is 1.56. The van der Waals surface area contributed by atoms with Crippen LogP contribution in [0.2, 0.25) is 0 Å². The lowest BCUT2D eigenvalue weighted by Gasteiger charge is -2.05. The van der Waals surface area contributed by atoms with Crippen molar-refractivity contribution in [1.29, 1.82) is 0 Å². The highest BCUT2D eigenvalue weighted by Crippen LogP contribution is 2.19. The number of carbonyl (C=O) groups excluding carboxylic acids is 1. The summed E-state index contributed by atoms with van der Waals surface area (Å²) < 4.78 is 19.4. The van der Waals surface area contributed by atoms with Gasteiger partial charge in [0.05, 0.1) is 18.6 Å². The van der Waals surface area contributed by atoms with Crippen LogP contribution in [0.5, 0.6) is 0 Å². The van der Waals surface area contributed by atoms with Crippen LogP contribution >= 0.6 is 27.7 Å². The van der Waals surface area contributed by atoms with Crippen molar-refractivity contribution in [2.75, 3.05) is 5.75 Å². The zero-order chi connectivity index (χ0) is 14.4. The molecule has 6 heteroatoms. The quantitative estimate of drug-likeness (QED) is 0.856. The maximum atomic E-state index is 13.6. The fraction of sp³-hybridized carbons (Fsp3) is 0.214. The predicted molar refractivity (Wildman–Crippen MR) is 80.8 cm³/mol. The van der Waals surface area contributed by atoms with Gasteiger partial charge < -0.3 is 9.73 Å². The Morgan fingerprint density at radius 1 is 1.40 bits per heavy atom. The fourth-order valence-electron chi connectivity index (χ4n) is 1.54. The van der Waals surface area contributed by atoms with E-state index in [0.29, 0.717) is 28.1 Å². The summed E-state index contributed by atoms with van der Waals surface area (Å²) in [5.41, 5.74) is 0.594. The lowest BCUT2D eigenvalue weighted by molar-refractivity contribution is -0.118. The Labute approximate surface area is 129 Å². The summed E-state index contributed by atoms with van der Waals surface area (Å²) in [5.74, 6) is 1.11. The molecular formula is C14H13BrFNO2S. The molecule has 1 heterocycles. The maximum Gasteiger partial charge on any atom is 0.230 e. The smallest absolute Gasteiger partial charge is 0.230 e. The summed E-state index contributed by atoms with van der Waals surface area (Å²) in [7, 11) is 0. The highest BCUT2D eigenvalue weighted by molar-refractivity contribution is 9.10. The highest BCUT2D eigenvalue weighted by Gasteiger charge is 2.06. The van der Waals surface area contributed by atoms with Gasteiger partial charge in [-0.25, -0.2) is 4.39 Å². The Morgan fingerprint density at radius 3 is 2.95 bits per heavy atom. The lowest BCUT2D eigenvalue weighted by atomic mass is 10.2. The van der Waals surface area contributed by atoms with Crippen LogP contribution < -0.4 is 5.32 Å². The lowest BCUT2D eigenvalue weighted by Crippen LogP contribution is -2.24. The number of rotatable bonds is 6. The van der Waals surface area contributed by atoms with Crippen molar-refractivity contribution in [2.24, 2.45) is 0 Å². The van der Waals surface area contributed by atoms with Crippen molar-refractivity contribution in [3.63, 3.8) is 0 Å². The molecule has 0 unspecified atom stereocenters. The molecule has 0 bridgehead atoms. The Hall–Kier alpha value is -1.27. The van der Waals surface area contributed by atoms with Gasteiger partial charge in [0.15, 0.2) is 0 Å². The van der Waals surface area contributed by atoms with E-state index in [-0.39, 0.29) is 17.5 Å². The molecule has 0 aliphatic heterocycles. The largest absolute Gasteiger partial charge is 0.467 e. The normalized spacial score (nSPS) is 10.5. The van der Waals surface area contributed by atoms with Crippen LogP contribution in [0.15, 0.2) is 45.5 Å². The van der Waals surface area contributed by atoms with Gasteiger partial charge in [-0.05, 0) is 29.8 Å². The van der Waals surface area contributed by atoms with Crippen molar-refractivity contribution in [3.05, 3.63) is 58.2 Å². The van der Waals surface area contributed by atoms with Crippen LogP contribution in [0.25, 0.3) is 0 Å². The van der Waals surface area contributed by atoms with Gasteiger partial charge in [0, 0.05) is 10.2 Å². The summed E-state index contributed by atoms with van der Waals surface area (Å²) in [6.45, 7) is 0.374. The van der Waals surface area contributed by atoms with Crippen LogP contribution in [0, 0.1) is 5.82 Å². The number of thioether (sulfide) groups is 1.